The van der Waals surface area contributed by atoms with E-state index in [1.165, 1.54) is 0 Å². The Kier molecular flexibility index (Phi) is 5.73. The number of ether oxygens (including phenoxy) is 1. The fraction of sp³-hybridized carbons (Fsp3) is 0.545. The van der Waals surface area contributed by atoms with Gasteiger partial charge in [-0.2, -0.15) is 0 Å². The number of hydrogen-bond donors (Lipinski definition) is 2. The molecule has 1 heterocycles. The summed E-state index contributed by atoms with van der Waals surface area (Å²) in [6.07, 6.45) is 4.33. The molecule has 0 saturated heterocycles. The van der Waals surface area contributed by atoms with Crippen LogP contribution in [0.5, 0.6) is 5.75 Å². The highest BCUT2D eigenvalue weighted by molar-refractivity contribution is 5.15. The summed E-state index contributed by atoms with van der Waals surface area (Å²) in [5.41, 5.74) is 0. The van der Waals surface area contributed by atoms with Crippen LogP contribution in [0.2, 0.25) is 0 Å². The topological polar surface area (TPSA) is 54.4 Å². The van der Waals surface area contributed by atoms with E-state index in [-0.39, 0.29) is 12.6 Å². The first kappa shape index (κ1) is 11.9. The molecule has 0 fully saturated rings. The summed E-state index contributed by atoms with van der Waals surface area (Å²) in [5, 5.41) is 11.9. The quantitative estimate of drug-likeness (QED) is 0.654. The number of nitrogens with one attached hydrogen (secondary N) is 1. The van der Waals surface area contributed by atoms with Gasteiger partial charge in [0.25, 0.3) is 0 Å². The van der Waals surface area contributed by atoms with Crippen molar-refractivity contribution in [2.45, 2.75) is 19.4 Å². The zero-order valence-electron chi connectivity index (χ0n) is 9.02. The van der Waals surface area contributed by atoms with E-state index in [1.807, 2.05) is 19.1 Å². The minimum absolute atomic E-state index is 0.156. The lowest BCUT2D eigenvalue weighted by molar-refractivity contribution is 0.245. The first-order chi connectivity index (χ1) is 7.33. The highest BCUT2D eigenvalue weighted by Crippen LogP contribution is 2.05. The SMILES string of the molecule is C[C@@H](CO)NCCCOc1cccnc1. The zero-order valence-corrected chi connectivity index (χ0v) is 9.02. The molecule has 0 aromatic carbocycles. The van der Waals surface area contributed by atoms with E-state index < -0.39 is 0 Å². The fourth-order valence-corrected chi connectivity index (χ4v) is 1.11. The van der Waals surface area contributed by atoms with Gasteiger partial charge in [-0.3, -0.25) is 4.98 Å². The van der Waals surface area contributed by atoms with Gasteiger partial charge in [-0.1, -0.05) is 0 Å². The molecule has 15 heavy (non-hydrogen) atoms. The van der Waals surface area contributed by atoms with Gasteiger partial charge in [-0.05, 0) is 32.0 Å². The predicted molar refractivity (Wildman–Crippen MR) is 58.9 cm³/mol. The van der Waals surface area contributed by atoms with E-state index in [2.05, 4.69) is 10.3 Å². The van der Waals surface area contributed by atoms with E-state index in [4.69, 9.17) is 9.84 Å². The lowest BCUT2D eigenvalue weighted by atomic mass is 10.3. The third kappa shape index (κ3) is 5.34. The van der Waals surface area contributed by atoms with Gasteiger partial charge in [0.2, 0.25) is 0 Å². The number of hydrogen-bond acceptors (Lipinski definition) is 4. The van der Waals surface area contributed by atoms with E-state index >= 15 is 0 Å². The van der Waals surface area contributed by atoms with Gasteiger partial charge in [0.05, 0.1) is 19.4 Å². The van der Waals surface area contributed by atoms with Gasteiger partial charge >= 0.3 is 0 Å². The summed E-state index contributed by atoms with van der Waals surface area (Å²) in [6.45, 7) is 3.63. The van der Waals surface area contributed by atoms with Crippen molar-refractivity contribution in [2.75, 3.05) is 19.8 Å². The molecular formula is C11H18N2O2. The molecule has 0 aliphatic carbocycles. The maximum atomic E-state index is 8.77. The molecule has 84 valence electrons. The third-order valence-electron chi connectivity index (χ3n) is 1.99. The minimum Gasteiger partial charge on any atom is -0.492 e. The number of nitrogens with zero attached hydrogens (tertiary/aromatic N) is 1. The van der Waals surface area contributed by atoms with E-state index in [0.29, 0.717) is 6.61 Å². The second-order valence-electron chi connectivity index (χ2n) is 3.43. The Morgan fingerprint density at radius 3 is 3.13 bits per heavy atom. The molecule has 1 atom stereocenters. The molecule has 0 unspecified atom stereocenters. The summed E-state index contributed by atoms with van der Waals surface area (Å²) in [5.74, 6) is 0.799. The van der Waals surface area contributed by atoms with Crippen LogP contribution in [0.3, 0.4) is 0 Å². The number of pyridine rings is 1. The molecular weight excluding hydrogens is 192 g/mol. The normalized spacial score (nSPS) is 12.4. The van der Waals surface area contributed by atoms with Crippen molar-refractivity contribution < 1.29 is 9.84 Å². The number of rotatable bonds is 7. The van der Waals surface area contributed by atoms with Crippen molar-refractivity contribution in [2.24, 2.45) is 0 Å². The highest BCUT2D eigenvalue weighted by Gasteiger charge is 1.97. The second kappa shape index (κ2) is 7.20. The smallest absolute Gasteiger partial charge is 0.137 e. The molecule has 0 amide bonds. The molecule has 4 heteroatoms. The molecule has 0 bridgehead atoms. The first-order valence-electron chi connectivity index (χ1n) is 5.20. The summed E-state index contributed by atoms with van der Waals surface area (Å²) in [7, 11) is 0. The first-order valence-corrected chi connectivity index (χ1v) is 5.20. The van der Waals surface area contributed by atoms with Gasteiger partial charge in [-0.15, -0.1) is 0 Å². The minimum atomic E-state index is 0.156. The Hall–Kier alpha value is -1.13. The van der Waals surface area contributed by atoms with Crippen LogP contribution in [0.25, 0.3) is 0 Å². The fourth-order valence-electron chi connectivity index (χ4n) is 1.11. The molecule has 0 spiro atoms. The molecule has 1 aromatic rings. The van der Waals surface area contributed by atoms with E-state index in [9.17, 15) is 0 Å². The van der Waals surface area contributed by atoms with Crippen molar-refractivity contribution in [1.29, 1.82) is 0 Å². The third-order valence-corrected chi connectivity index (χ3v) is 1.99. The Morgan fingerprint density at radius 1 is 1.60 bits per heavy atom. The van der Waals surface area contributed by atoms with E-state index in [0.717, 1.165) is 18.7 Å². The lowest BCUT2D eigenvalue weighted by Gasteiger charge is -2.10. The van der Waals surface area contributed by atoms with Crippen molar-refractivity contribution in [3.63, 3.8) is 0 Å². The molecule has 1 rings (SSSR count). The zero-order chi connectivity index (χ0) is 10.9. The van der Waals surface area contributed by atoms with Crippen LogP contribution in [-0.2, 0) is 0 Å². The average Bonchev–Trinajstić information content (AvgIpc) is 2.29. The molecule has 0 aliphatic heterocycles. The van der Waals surface area contributed by atoms with Crippen LogP contribution in [0.4, 0.5) is 0 Å². The number of aliphatic hydroxyl groups is 1. The Bertz CT molecular complexity index is 254. The highest BCUT2D eigenvalue weighted by atomic mass is 16.5. The predicted octanol–water partition coefficient (Wildman–Crippen LogP) is 0.821. The standard InChI is InChI=1S/C11H18N2O2/c1-10(9-14)13-6-3-7-15-11-4-2-5-12-8-11/h2,4-5,8,10,13-14H,3,6-7,9H2,1H3/t10-/m0/s1. The Balaban J connectivity index is 2.03. The molecule has 1 aromatic heterocycles. The number of aliphatic hydroxyl groups excluding tert-OH is 1. The largest absolute Gasteiger partial charge is 0.492 e. The summed E-state index contributed by atoms with van der Waals surface area (Å²) < 4.78 is 5.46. The van der Waals surface area contributed by atoms with Crippen LogP contribution < -0.4 is 10.1 Å². The summed E-state index contributed by atoms with van der Waals surface area (Å²) >= 11 is 0. The summed E-state index contributed by atoms with van der Waals surface area (Å²) in [4.78, 5) is 3.95. The molecule has 0 radical (unpaired) electrons. The van der Waals surface area contributed by atoms with Crippen LogP contribution in [0, 0.1) is 0 Å². The monoisotopic (exact) mass is 210 g/mol. The van der Waals surface area contributed by atoms with E-state index in [1.54, 1.807) is 12.4 Å². The molecule has 0 saturated carbocycles. The maximum Gasteiger partial charge on any atom is 0.137 e. The van der Waals surface area contributed by atoms with Gasteiger partial charge in [-0.25, -0.2) is 0 Å². The maximum absolute atomic E-state index is 8.77. The van der Waals surface area contributed by atoms with Crippen LogP contribution in [0.15, 0.2) is 24.5 Å². The van der Waals surface area contributed by atoms with Gasteiger partial charge < -0.3 is 15.2 Å². The second-order valence-corrected chi connectivity index (χ2v) is 3.43. The average molecular weight is 210 g/mol. The Labute approximate surface area is 90.3 Å². The van der Waals surface area contributed by atoms with Gasteiger partial charge in [0, 0.05) is 12.2 Å². The van der Waals surface area contributed by atoms with Crippen LogP contribution >= 0.6 is 0 Å². The lowest BCUT2D eigenvalue weighted by Crippen LogP contribution is -2.30. The molecule has 0 aliphatic rings. The van der Waals surface area contributed by atoms with Gasteiger partial charge in [0.15, 0.2) is 0 Å². The van der Waals surface area contributed by atoms with Crippen molar-refractivity contribution in [3.8, 4) is 5.75 Å². The van der Waals surface area contributed by atoms with Crippen LogP contribution in [0.1, 0.15) is 13.3 Å². The van der Waals surface area contributed by atoms with Crippen molar-refractivity contribution in [1.82, 2.24) is 10.3 Å². The number of aromatic nitrogens is 1. The van der Waals surface area contributed by atoms with Crippen molar-refractivity contribution in [3.05, 3.63) is 24.5 Å². The summed E-state index contributed by atoms with van der Waals surface area (Å²) in [6, 6.07) is 3.89. The Morgan fingerprint density at radius 2 is 2.47 bits per heavy atom. The molecule has 2 N–H and O–H groups in total. The molecule has 4 nitrogen and oxygen atoms in total. The van der Waals surface area contributed by atoms with Gasteiger partial charge in [0.1, 0.15) is 5.75 Å². The van der Waals surface area contributed by atoms with Crippen LogP contribution in [-0.4, -0.2) is 35.9 Å². The van der Waals surface area contributed by atoms with Crippen molar-refractivity contribution >= 4 is 0 Å².